The Labute approximate surface area is 106 Å². The molecule has 0 amide bonds. The Kier molecular flexibility index (Phi) is 3.46. The van der Waals surface area contributed by atoms with Crippen molar-refractivity contribution in [1.29, 1.82) is 0 Å². The number of nitrogens with zero attached hydrogens (tertiary/aromatic N) is 2. The summed E-state index contributed by atoms with van der Waals surface area (Å²) in [4.78, 5) is 17.6. The first-order valence-corrected chi connectivity index (χ1v) is 5.80. The van der Waals surface area contributed by atoms with Crippen molar-refractivity contribution in [2.24, 2.45) is 0 Å². The maximum atomic E-state index is 12.0. The van der Waals surface area contributed by atoms with Crippen LogP contribution < -0.4 is 10.5 Å². The summed E-state index contributed by atoms with van der Waals surface area (Å²) in [6, 6.07) is 10.2. The molecule has 0 fully saturated rings. The molecule has 94 valence electrons. The quantitative estimate of drug-likeness (QED) is 0.828. The molecule has 0 unspecified atom stereocenters. The zero-order valence-corrected chi connectivity index (χ0v) is 10.8. The van der Waals surface area contributed by atoms with E-state index in [1.807, 2.05) is 30.3 Å². The minimum Gasteiger partial charge on any atom is -0.430 e. The average Bonchev–Trinajstić information content (AvgIpc) is 2.34. The molecule has 0 N–H and O–H groups in total. The summed E-state index contributed by atoms with van der Waals surface area (Å²) in [5.74, 6) is 0.627. The van der Waals surface area contributed by atoms with Gasteiger partial charge in [0.1, 0.15) is 5.76 Å². The SMILES string of the molecule is Cc1oc(N(C)C)nc(=O)c1Cc1ccccc1. The third-order valence-electron chi connectivity index (χ3n) is 2.73. The van der Waals surface area contributed by atoms with Crippen molar-refractivity contribution in [3.05, 3.63) is 57.6 Å². The fraction of sp³-hybridized carbons (Fsp3) is 0.286. The van der Waals surface area contributed by atoms with E-state index in [9.17, 15) is 4.79 Å². The fourth-order valence-electron chi connectivity index (χ4n) is 1.72. The van der Waals surface area contributed by atoms with Crippen molar-refractivity contribution in [3.63, 3.8) is 0 Å². The van der Waals surface area contributed by atoms with Crippen molar-refractivity contribution in [1.82, 2.24) is 4.98 Å². The van der Waals surface area contributed by atoms with Gasteiger partial charge < -0.3 is 9.32 Å². The van der Waals surface area contributed by atoms with E-state index in [0.29, 0.717) is 23.8 Å². The molecule has 2 aromatic rings. The van der Waals surface area contributed by atoms with E-state index in [-0.39, 0.29) is 5.56 Å². The van der Waals surface area contributed by atoms with E-state index in [1.54, 1.807) is 25.9 Å². The number of aromatic nitrogens is 1. The van der Waals surface area contributed by atoms with Crippen LogP contribution in [0.1, 0.15) is 16.9 Å². The monoisotopic (exact) mass is 244 g/mol. The lowest BCUT2D eigenvalue weighted by Crippen LogP contribution is -2.20. The predicted octanol–water partition coefficient (Wildman–Crippen LogP) is 2.00. The Bertz CT molecular complexity index is 588. The fourth-order valence-corrected chi connectivity index (χ4v) is 1.72. The zero-order chi connectivity index (χ0) is 13.1. The standard InChI is InChI=1S/C14H16N2O2/c1-10-12(9-11-7-5-4-6-8-11)13(17)15-14(18-10)16(2)3/h4-8H,9H2,1-3H3. The Morgan fingerprint density at radius 2 is 1.89 bits per heavy atom. The first-order valence-electron chi connectivity index (χ1n) is 5.80. The molecule has 1 aromatic heterocycles. The molecule has 4 heteroatoms. The van der Waals surface area contributed by atoms with Gasteiger partial charge in [0.2, 0.25) is 0 Å². The van der Waals surface area contributed by atoms with Gasteiger partial charge in [0, 0.05) is 20.5 Å². The van der Waals surface area contributed by atoms with Crippen molar-refractivity contribution in [3.8, 4) is 0 Å². The van der Waals surface area contributed by atoms with Gasteiger partial charge in [-0.25, -0.2) is 0 Å². The van der Waals surface area contributed by atoms with Gasteiger partial charge >= 0.3 is 0 Å². The molecule has 0 aliphatic carbocycles. The van der Waals surface area contributed by atoms with E-state index in [1.165, 1.54) is 0 Å². The molecule has 0 aliphatic rings. The van der Waals surface area contributed by atoms with Crippen molar-refractivity contribution >= 4 is 6.01 Å². The summed E-state index contributed by atoms with van der Waals surface area (Å²) in [7, 11) is 3.59. The number of aryl methyl sites for hydroxylation is 1. The van der Waals surface area contributed by atoms with Crippen LogP contribution in [-0.4, -0.2) is 19.1 Å². The molecule has 2 rings (SSSR count). The lowest BCUT2D eigenvalue weighted by molar-refractivity contribution is 0.486. The molecule has 0 spiro atoms. The van der Waals surface area contributed by atoms with Crippen molar-refractivity contribution in [2.75, 3.05) is 19.0 Å². The number of hydrogen-bond donors (Lipinski definition) is 0. The molecule has 1 heterocycles. The second-order valence-electron chi connectivity index (χ2n) is 4.39. The number of anilines is 1. The number of benzene rings is 1. The van der Waals surface area contributed by atoms with Gasteiger partial charge in [-0.3, -0.25) is 4.79 Å². The van der Waals surface area contributed by atoms with Gasteiger partial charge in [-0.2, -0.15) is 4.98 Å². The molecule has 0 saturated carbocycles. The molecule has 0 saturated heterocycles. The van der Waals surface area contributed by atoms with Crippen LogP contribution in [0, 0.1) is 6.92 Å². The largest absolute Gasteiger partial charge is 0.430 e. The smallest absolute Gasteiger partial charge is 0.300 e. The van der Waals surface area contributed by atoms with Gasteiger partial charge in [0.25, 0.3) is 11.6 Å². The lowest BCUT2D eigenvalue weighted by Gasteiger charge is -2.11. The maximum absolute atomic E-state index is 12.0. The van der Waals surface area contributed by atoms with E-state index < -0.39 is 0 Å². The van der Waals surface area contributed by atoms with Crippen molar-refractivity contribution < 1.29 is 4.42 Å². The molecule has 0 aliphatic heterocycles. The van der Waals surface area contributed by atoms with Crippen molar-refractivity contribution in [2.45, 2.75) is 13.3 Å². The Morgan fingerprint density at radius 3 is 2.44 bits per heavy atom. The van der Waals surface area contributed by atoms with Crippen LogP contribution in [0.3, 0.4) is 0 Å². The van der Waals surface area contributed by atoms with Crippen LogP contribution in [0.4, 0.5) is 6.01 Å². The molecule has 0 bridgehead atoms. The second kappa shape index (κ2) is 5.04. The normalized spacial score (nSPS) is 10.4. The van der Waals surface area contributed by atoms with Crippen LogP contribution in [0.15, 0.2) is 39.5 Å². The maximum Gasteiger partial charge on any atom is 0.300 e. The molecular weight excluding hydrogens is 228 g/mol. The molecule has 0 atom stereocenters. The first kappa shape index (κ1) is 12.4. The molecule has 18 heavy (non-hydrogen) atoms. The topological polar surface area (TPSA) is 46.3 Å². The van der Waals surface area contributed by atoms with Crippen LogP contribution >= 0.6 is 0 Å². The molecule has 0 radical (unpaired) electrons. The van der Waals surface area contributed by atoms with Gasteiger partial charge in [0.15, 0.2) is 0 Å². The average molecular weight is 244 g/mol. The lowest BCUT2D eigenvalue weighted by atomic mass is 10.1. The summed E-state index contributed by atoms with van der Waals surface area (Å²) < 4.78 is 5.54. The third kappa shape index (κ3) is 2.59. The summed E-state index contributed by atoms with van der Waals surface area (Å²) in [6.07, 6.45) is 0.551. The van der Waals surface area contributed by atoms with Crippen LogP contribution in [0.5, 0.6) is 0 Å². The van der Waals surface area contributed by atoms with Crippen LogP contribution in [0.2, 0.25) is 0 Å². The molecular formula is C14H16N2O2. The van der Waals surface area contributed by atoms with E-state index in [2.05, 4.69) is 4.98 Å². The highest BCUT2D eigenvalue weighted by molar-refractivity contribution is 5.29. The first-order chi connectivity index (χ1) is 8.58. The van der Waals surface area contributed by atoms with E-state index in [4.69, 9.17) is 4.42 Å². The summed E-state index contributed by atoms with van der Waals surface area (Å²) >= 11 is 0. The van der Waals surface area contributed by atoms with Gasteiger partial charge in [-0.05, 0) is 12.5 Å². The third-order valence-corrected chi connectivity index (χ3v) is 2.73. The highest BCUT2D eigenvalue weighted by atomic mass is 16.4. The zero-order valence-electron chi connectivity index (χ0n) is 10.8. The predicted molar refractivity (Wildman–Crippen MR) is 71.1 cm³/mol. The van der Waals surface area contributed by atoms with Gasteiger partial charge in [-0.1, -0.05) is 30.3 Å². The minimum absolute atomic E-state index is 0.216. The molecule has 1 aromatic carbocycles. The van der Waals surface area contributed by atoms with Crippen LogP contribution in [-0.2, 0) is 6.42 Å². The highest BCUT2D eigenvalue weighted by Crippen LogP contribution is 2.13. The second-order valence-corrected chi connectivity index (χ2v) is 4.39. The molecule has 4 nitrogen and oxygen atoms in total. The summed E-state index contributed by atoms with van der Waals surface area (Å²) in [5, 5.41) is 0. The van der Waals surface area contributed by atoms with Crippen LogP contribution in [0.25, 0.3) is 0 Å². The van der Waals surface area contributed by atoms with Gasteiger partial charge in [0.05, 0.1) is 5.56 Å². The summed E-state index contributed by atoms with van der Waals surface area (Å²) in [5.41, 5.74) is 1.48. The number of hydrogen-bond acceptors (Lipinski definition) is 4. The highest BCUT2D eigenvalue weighted by Gasteiger charge is 2.11. The van der Waals surface area contributed by atoms with E-state index >= 15 is 0 Å². The number of rotatable bonds is 3. The Morgan fingerprint density at radius 1 is 1.22 bits per heavy atom. The minimum atomic E-state index is -0.216. The Balaban J connectivity index is 2.38. The van der Waals surface area contributed by atoms with Gasteiger partial charge in [-0.15, -0.1) is 0 Å². The summed E-state index contributed by atoms with van der Waals surface area (Å²) in [6.45, 7) is 1.80. The van der Waals surface area contributed by atoms with E-state index in [0.717, 1.165) is 5.56 Å². The Hall–Kier alpha value is -2.10.